The zero-order chi connectivity index (χ0) is 13.0. The van der Waals surface area contributed by atoms with Crippen molar-refractivity contribution in [2.45, 2.75) is 6.92 Å². The van der Waals surface area contributed by atoms with Crippen molar-refractivity contribution in [2.24, 2.45) is 0 Å². The number of esters is 1. The van der Waals surface area contributed by atoms with Crippen LogP contribution in [-0.4, -0.2) is 25.2 Å². The normalized spacial score (nSPS) is 11.8. The molecular formula is C12H14ClNO3. The number of hydrogen-bond donors (Lipinski definition) is 1. The molecule has 0 spiro atoms. The van der Waals surface area contributed by atoms with E-state index in [0.717, 1.165) is 0 Å². The van der Waals surface area contributed by atoms with Gasteiger partial charge >= 0.3 is 5.97 Å². The molecule has 4 nitrogen and oxygen atoms in total. The fourth-order valence-corrected chi connectivity index (χ4v) is 1.73. The molecule has 0 aromatic heterocycles. The maximum Gasteiger partial charge on any atom is 0.358 e. The van der Waals surface area contributed by atoms with E-state index in [0.29, 0.717) is 10.7 Å². The Morgan fingerprint density at radius 1 is 1.41 bits per heavy atom. The minimum Gasteiger partial charge on any atom is -0.510 e. The van der Waals surface area contributed by atoms with Crippen LogP contribution in [0, 0.1) is 0 Å². The third kappa shape index (κ3) is 2.91. The SMILES string of the molecule is COC(=O)/C(=C(/C)O)N(C)c1ccccc1Cl. The maximum absolute atomic E-state index is 11.6. The Kier molecular flexibility index (Phi) is 4.40. The lowest BCUT2D eigenvalue weighted by Gasteiger charge is -2.22. The highest BCUT2D eigenvalue weighted by Crippen LogP contribution is 2.27. The minimum atomic E-state index is -0.618. The van der Waals surface area contributed by atoms with E-state index in [4.69, 9.17) is 11.6 Å². The molecule has 0 unspecified atom stereocenters. The van der Waals surface area contributed by atoms with Crippen molar-refractivity contribution in [1.82, 2.24) is 0 Å². The molecule has 0 aliphatic carbocycles. The van der Waals surface area contributed by atoms with Crippen molar-refractivity contribution in [3.8, 4) is 0 Å². The van der Waals surface area contributed by atoms with Crippen molar-refractivity contribution in [3.05, 3.63) is 40.7 Å². The lowest BCUT2D eigenvalue weighted by Crippen LogP contribution is -2.25. The molecule has 0 bridgehead atoms. The number of carbonyl (C=O) groups is 1. The average Bonchev–Trinajstić information content (AvgIpc) is 2.28. The summed E-state index contributed by atoms with van der Waals surface area (Å²) in [4.78, 5) is 13.0. The van der Waals surface area contributed by atoms with E-state index in [1.165, 1.54) is 18.9 Å². The number of ether oxygens (including phenoxy) is 1. The number of aliphatic hydroxyl groups excluding tert-OH is 1. The molecule has 0 radical (unpaired) electrons. The van der Waals surface area contributed by atoms with Crippen LogP contribution in [0.1, 0.15) is 6.92 Å². The fourth-order valence-electron chi connectivity index (χ4n) is 1.47. The van der Waals surface area contributed by atoms with Gasteiger partial charge in [-0.15, -0.1) is 0 Å². The largest absolute Gasteiger partial charge is 0.510 e. The third-order valence-electron chi connectivity index (χ3n) is 2.27. The monoisotopic (exact) mass is 255 g/mol. The number of rotatable bonds is 3. The van der Waals surface area contributed by atoms with Crippen LogP contribution < -0.4 is 4.90 Å². The van der Waals surface area contributed by atoms with Crippen molar-refractivity contribution in [3.63, 3.8) is 0 Å². The van der Waals surface area contributed by atoms with E-state index >= 15 is 0 Å². The first-order chi connectivity index (χ1) is 7.99. The number of likely N-dealkylation sites (N-methyl/N-ethyl adjacent to an activating group) is 1. The zero-order valence-electron chi connectivity index (χ0n) is 9.90. The van der Waals surface area contributed by atoms with Crippen LogP contribution in [0.15, 0.2) is 35.7 Å². The van der Waals surface area contributed by atoms with Crippen molar-refractivity contribution in [2.75, 3.05) is 19.1 Å². The van der Waals surface area contributed by atoms with Crippen molar-refractivity contribution < 1.29 is 14.6 Å². The van der Waals surface area contributed by atoms with Crippen LogP contribution >= 0.6 is 11.6 Å². The molecule has 1 rings (SSSR count). The van der Waals surface area contributed by atoms with E-state index < -0.39 is 5.97 Å². The summed E-state index contributed by atoms with van der Waals surface area (Å²) < 4.78 is 4.61. The van der Waals surface area contributed by atoms with Crippen molar-refractivity contribution >= 4 is 23.3 Å². The molecule has 1 aromatic carbocycles. The Morgan fingerprint density at radius 3 is 2.47 bits per heavy atom. The molecule has 5 heteroatoms. The summed E-state index contributed by atoms with van der Waals surface area (Å²) in [5.74, 6) is -0.744. The van der Waals surface area contributed by atoms with E-state index in [1.807, 2.05) is 0 Å². The van der Waals surface area contributed by atoms with E-state index in [1.54, 1.807) is 31.3 Å². The first-order valence-corrected chi connectivity index (χ1v) is 5.33. The van der Waals surface area contributed by atoms with Gasteiger partial charge in [0.15, 0.2) is 5.70 Å². The van der Waals surface area contributed by atoms with Gasteiger partial charge in [-0.25, -0.2) is 4.79 Å². The molecule has 0 saturated carbocycles. The van der Waals surface area contributed by atoms with Gasteiger partial charge in [0, 0.05) is 7.05 Å². The van der Waals surface area contributed by atoms with Crippen LogP contribution in [-0.2, 0) is 9.53 Å². The Labute approximate surface area is 105 Å². The highest BCUT2D eigenvalue weighted by atomic mass is 35.5. The number of methoxy groups -OCH3 is 1. The topological polar surface area (TPSA) is 49.8 Å². The molecule has 0 atom stereocenters. The Hall–Kier alpha value is -1.68. The van der Waals surface area contributed by atoms with Crippen LogP contribution in [0.3, 0.4) is 0 Å². The van der Waals surface area contributed by atoms with Gasteiger partial charge in [-0.05, 0) is 19.1 Å². The lowest BCUT2D eigenvalue weighted by molar-refractivity contribution is -0.136. The van der Waals surface area contributed by atoms with Gasteiger partial charge in [-0.2, -0.15) is 0 Å². The predicted molar refractivity (Wildman–Crippen MR) is 67.2 cm³/mol. The first kappa shape index (κ1) is 13.4. The van der Waals surface area contributed by atoms with Gasteiger partial charge in [0.2, 0.25) is 0 Å². The van der Waals surface area contributed by atoms with Crippen LogP contribution in [0.5, 0.6) is 0 Å². The smallest absolute Gasteiger partial charge is 0.358 e. The second-order valence-electron chi connectivity index (χ2n) is 3.44. The minimum absolute atomic E-state index is 0.0561. The molecule has 0 heterocycles. The first-order valence-electron chi connectivity index (χ1n) is 4.95. The van der Waals surface area contributed by atoms with Crippen LogP contribution in [0.4, 0.5) is 5.69 Å². The van der Waals surface area contributed by atoms with E-state index in [2.05, 4.69) is 4.74 Å². The van der Waals surface area contributed by atoms with E-state index in [-0.39, 0.29) is 11.5 Å². The average molecular weight is 256 g/mol. The Balaban J connectivity index is 3.19. The number of carbonyl (C=O) groups excluding carboxylic acids is 1. The van der Waals surface area contributed by atoms with Crippen LogP contribution in [0.2, 0.25) is 5.02 Å². The quantitative estimate of drug-likeness (QED) is 0.513. The van der Waals surface area contributed by atoms with Crippen LogP contribution in [0.25, 0.3) is 0 Å². The summed E-state index contributed by atoms with van der Waals surface area (Å²) in [6, 6.07) is 7.02. The summed E-state index contributed by atoms with van der Waals surface area (Å²) in [5.41, 5.74) is 0.670. The molecule has 0 saturated heterocycles. The third-order valence-corrected chi connectivity index (χ3v) is 2.59. The van der Waals surface area contributed by atoms with E-state index in [9.17, 15) is 9.90 Å². The molecule has 1 N–H and O–H groups in total. The standard InChI is InChI=1S/C12H14ClNO3/c1-8(15)11(12(16)17-3)14(2)10-7-5-4-6-9(10)13/h4-7,15H,1-3H3/b11-8+. The molecule has 92 valence electrons. The van der Waals surface area contributed by atoms with Gasteiger partial charge in [-0.3, -0.25) is 0 Å². The number of allylic oxidation sites excluding steroid dienone is 1. The Bertz CT molecular complexity index is 453. The summed E-state index contributed by atoms with van der Waals surface area (Å²) >= 11 is 6.02. The number of para-hydroxylation sites is 1. The number of benzene rings is 1. The molecule has 0 aliphatic heterocycles. The van der Waals surface area contributed by atoms with Gasteiger partial charge < -0.3 is 14.7 Å². The summed E-state index contributed by atoms with van der Waals surface area (Å²) in [7, 11) is 2.89. The second kappa shape index (κ2) is 5.59. The Morgan fingerprint density at radius 2 is 2.00 bits per heavy atom. The maximum atomic E-state index is 11.6. The van der Waals surface area contributed by atoms with Gasteiger partial charge in [0.1, 0.15) is 5.76 Å². The number of anilines is 1. The van der Waals surface area contributed by atoms with Gasteiger partial charge in [0.05, 0.1) is 17.8 Å². The fraction of sp³-hybridized carbons (Fsp3) is 0.250. The second-order valence-corrected chi connectivity index (χ2v) is 3.84. The number of halogens is 1. The van der Waals surface area contributed by atoms with Gasteiger partial charge in [0.25, 0.3) is 0 Å². The zero-order valence-corrected chi connectivity index (χ0v) is 10.7. The predicted octanol–water partition coefficient (Wildman–Crippen LogP) is 2.74. The van der Waals surface area contributed by atoms with Gasteiger partial charge in [-0.1, -0.05) is 23.7 Å². The highest BCUT2D eigenvalue weighted by Gasteiger charge is 2.21. The molecule has 17 heavy (non-hydrogen) atoms. The molecule has 0 fully saturated rings. The highest BCUT2D eigenvalue weighted by molar-refractivity contribution is 6.33. The lowest BCUT2D eigenvalue weighted by atomic mass is 10.2. The molecular weight excluding hydrogens is 242 g/mol. The summed E-state index contributed by atoms with van der Waals surface area (Å²) in [6.45, 7) is 1.42. The van der Waals surface area contributed by atoms with Crippen molar-refractivity contribution in [1.29, 1.82) is 0 Å². The number of nitrogens with zero attached hydrogens (tertiary/aromatic N) is 1. The number of hydrogen-bond acceptors (Lipinski definition) is 4. The molecule has 0 amide bonds. The molecule has 0 aliphatic rings. The molecule has 1 aromatic rings. The summed E-state index contributed by atoms with van der Waals surface area (Å²) in [6.07, 6.45) is 0. The number of aliphatic hydroxyl groups is 1. The summed E-state index contributed by atoms with van der Waals surface area (Å²) in [5, 5.41) is 10.0.